The maximum Gasteiger partial charge on any atom is 0.298 e. The highest BCUT2D eigenvalue weighted by atomic mass is 79.9. The lowest BCUT2D eigenvalue weighted by atomic mass is 9.91. The number of ether oxygens (including phenoxy) is 1. The topological polar surface area (TPSA) is 79.2 Å². The predicted octanol–water partition coefficient (Wildman–Crippen LogP) is 3.55. The number of rotatable bonds is 5. The van der Waals surface area contributed by atoms with Crippen LogP contribution in [-0.2, 0) is 9.53 Å². The first-order chi connectivity index (χ1) is 18.6. The summed E-state index contributed by atoms with van der Waals surface area (Å²) in [6, 6.07) is 25.4. The third-order valence-electron chi connectivity index (χ3n) is 7.28. The predicted molar refractivity (Wildman–Crippen MR) is 151 cm³/mol. The standard InChI is InChI=1S/C30H27BrN4O3/c31-22-11-12-24-23(17-22)28(21-9-5-2-6-10-21)29(30(37)32-24)25-18-26(20-7-3-1-4-8-20)35(33-25)27(36)19-34-13-15-38-16-14-34/h1-12,17,26H,13-16,18-19H2,(H,32,37)/p+1/t26-/m1/s1. The number of H-pyrrole nitrogens is 1. The Morgan fingerprint density at radius 3 is 2.45 bits per heavy atom. The lowest BCUT2D eigenvalue weighted by Crippen LogP contribution is -3.15. The van der Waals surface area contributed by atoms with Gasteiger partial charge in [-0.05, 0) is 29.3 Å². The lowest BCUT2D eigenvalue weighted by Gasteiger charge is -2.27. The van der Waals surface area contributed by atoms with Crippen LogP contribution in [-0.4, -0.2) is 54.5 Å². The molecule has 0 spiro atoms. The summed E-state index contributed by atoms with van der Waals surface area (Å²) >= 11 is 3.60. The van der Waals surface area contributed by atoms with E-state index in [0.717, 1.165) is 45.2 Å². The second kappa shape index (κ2) is 10.6. The molecular weight excluding hydrogens is 544 g/mol. The molecule has 6 rings (SSSR count). The maximum absolute atomic E-state index is 13.7. The van der Waals surface area contributed by atoms with E-state index in [4.69, 9.17) is 9.84 Å². The summed E-state index contributed by atoms with van der Waals surface area (Å²) in [5.41, 5.74) is 4.42. The first-order valence-corrected chi connectivity index (χ1v) is 13.6. The van der Waals surface area contributed by atoms with E-state index in [1.54, 1.807) is 5.01 Å². The molecule has 1 saturated heterocycles. The van der Waals surface area contributed by atoms with Gasteiger partial charge in [0.15, 0.2) is 6.54 Å². The van der Waals surface area contributed by atoms with Crippen LogP contribution in [0.2, 0.25) is 0 Å². The highest BCUT2D eigenvalue weighted by molar-refractivity contribution is 9.10. The number of halogens is 1. The molecule has 0 bridgehead atoms. The first-order valence-electron chi connectivity index (χ1n) is 12.9. The van der Waals surface area contributed by atoms with E-state index in [1.807, 2.05) is 78.9 Å². The number of benzene rings is 3. The third kappa shape index (κ3) is 4.82. The van der Waals surface area contributed by atoms with Gasteiger partial charge in [-0.3, -0.25) is 9.59 Å². The van der Waals surface area contributed by atoms with Crippen LogP contribution in [0.25, 0.3) is 22.0 Å². The summed E-state index contributed by atoms with van der Waals surface area (Å²) < 4.78 is 6.39. The van der Waals surface area contributed by atoms with E-state index < -0.39 is 0 Å². The van der Waals surface area contributed by atoms with Gasteiger partial charge in [0, 0.05) is 27.4 Å². The third-order valence-corrected chi connectivity index (χ3v) is 7.77. The molecule has 4 aromatic rings. The van der Waals surface area contributed by atoms with Gasteiger partial charge in [-0.25, -0.2) is 5.01 Å². The molecule has 2 N–H and O–H groups in total. The smallest absolute Gasteiger partial charge is 0.298 e. The van der Waals surface area contributed by atoms with Gasteiger partial charge in [-0.1, -0.05) is 76.6 Å². The summed E-state index contributed by atoms with van der Waals surface area (Å²) in [7, 11) is 0. The molecule has 8 heteroatoms. The summed E-state index contributed by atoms with van der Waals surface area (Å²) in [6.07, 6.45) is 0.455. The number of aromatic amines is 1. The summed E-state index contributed by atoms with van der Waals surface area (Å²) in [6.45, 7) is 3.24. The second-order valence-electron chi connectivity index (χ2n) is 9.71. The molecule has 1 aromatic heterocycles. The highest BCUT2D eigenvalue weighted by Crippen LogP contribution is 2.37. The Balaban J connectivity index is 1.49. The van der Waals surface area contributed by atoms with E-state index in [1.165, 1.54) is 4.90 Å². The van der Waals surface area contributed by atoms with Gasteiger partial charge in [0.05, 0.1) is 30.5 Å². The van der Waals surface area contributed by atoms with Gasteiger partial charge in [0.1, 0.15) is 13.1 Å². The Hall–Kier alpha value is -3.59. The summed E-state index contributed by atoms with van der Waals surface area (Å²) in [4.78, 5) is 31.6. The Bertz CT molecular complexity index is 1560. The van der Waals surface area contributed by atoms with Gasteiger partial charge >= 0.3 is 0 Å². The zero-order valence-electron chi connectivity index (χ0n) is 20.8. The summed E-state index contributed by atoms with van der Waals surface area (Å²) in [5.74, 6) is -0.0491. The number of pyridine rings is 1. The van der Waals surface area contributed by atoms with Crippen molar-refractivity contribution in [2.75, 3.05) is 32.8 Å². The van der Waals surface area contributed by atoms with E-state index in [2.05, 4.69) is 20.9 Å². The molecule has 0 aliphatic carbocycles. The monoisotopic (exact) mass is 571 g/mol. The average Bonchev–Trinajstić information content (AvgIpc) is 3.39. The lowest BCUT2D eigenvalue weighted by molar-refractivity contribution is -0.900. The van der Waals surface area contributed by atoms with Gasteiger partial charge in [0.25, 0.3) is 11.5 Å². The molecule has 1 amide bonds. The van der Waals surface area contributed by atoms with Crippen molar-refractivity contribution in [2.45, 2.75) is 12.5 Å². The number of carbonyl (C=O) groups excluding carboxylic acids is 1. The molecule has 192 valence electrons. The molecule has 7 nitrogen and oxygen atoms in total. The number of amides is 1. The van der Waals surface area contributed by atoms with Crippen LogP contribution in [0.5, 0.6) is 0 Å². The van der Waals surface area contributed by atoms with E-state index in [9.17, 15) is 9.59 Å². The van der Waals surface area contributed by atoms with Crippen molar-refractivity contribution in [3.05, 3.63) is 105 Å². The normalized spacial score (nSPS) is 18.1. The van der Waals surface area contributed by atoms with Gasteiger partial charge in [0.2, 0.25) is 0 Å². The largest absolute Gasteiger partial charge is 0.370 e. The van der Waals surface area contributed by atoms with Crippen molar-refractivity contribution >= 4 is 38.5 Å². The Morgan fingerprint density at radius 1 is 1.00 bits per heavy atom. The zero-order chi connectivity index (χ0) is 26.1. The van der Waals surface area contributed by atoms with Gasteiger partial charge in [-0.15, -0.1) is 0 Å². The Morgan fingerprint density at radius 2 is 1.71 bits per heavy atom. The van der Waals surface area contributed by atoms with Crippen LogP contribution in [0.15, 0.2) is 93.2 Å². The number of hydrazone groups is 1. The number of nitrogens with zero attached hydrogens (tertiary/aromatic N) is 2. The van der Waals surface area contributed by atoms with Crippen LogP contribution in [0.1, 0.15) is 23.6 Å². The number of morpholine rings is 1. The number of hydrogen-bond donors (Lipinski definition) is 2. The molecule has 0 radical (unpaired) electrons. The number of aromatic nitrogens is 1. The van der Waals surface area contributed by atoms with Crippen LogP contribution >= 0.6 is 15.9 Å². The minimum absolute atomic E-state index is 0.0491. The van der Waals surface area contributed by atoms with Gasteiger partial charge in [-0.2, -0.15) is 5.10 Å². The quantitative estimate of drug-likeness (QED) is 0.384. The molecule has 2 aliphatic rings. The number of fused-ring (bicyclic) bond motifs is 1. The van der Waals surface area contributed by atoms with Crippen molar-refractivity contribution < 1.29 is 14.4 Å². The fraction of sp³-hybridized carbons (Fsp3) is 0.233. The van der Waals surface area contributed by atoms with Crippen LogP contribution in [0.3, 0.4) is 0 Å². The van der Waals surface area contributed by atoms with Crippen molar-refractivity contribution in [2.24, 2.45) is 5.10 Å². The van der Waals surface area contributed by atoms with Crippen molar-refractivity contribution in [3.63, 3.8) is 0 Å². The molecule has 38 heavy (non-hydrogen) atoms. The highest BCUT2D eigenvalue weighted by Gasteiger charge is 2.36. The molecule has 2 aliphatic heterocycles. The minimum atomic E-state index is -0.277. The van der Waals surface area contributed by atoms with E-state index in [0.29, 0.717) is 37.5 Å². The van der Waals surface area contributed by atoms with Gasteiger partial charge < -0.3 is 14.6 Å². The molecule has 3 aromatic carbocycles. The van der Waals surface area contributed by atoms with Crippen molar-refractivity contribution in [1.82, 2.24) is 9.99 Å². The second-order valence-corrected chi connectivity index (χ2v) is 10.6. The molecule has 1 atom stereocenters. The molecular formula is C30H28BrN4O3+. The molecule has 0 saturated carbocycles. The van der Waals surface area contributed by atoms with Crippen molar-refractivity contribution in [1.29, 1.82) is 0 Å². The maximum atomic E-state index is 13.7. The number of quaternary nitrogens is 1. The number of carbonyl (C=O) groups is 1. The fourth-order valence-electron chi connectivity index (χ4n) is 5.40. The summed E-state index contributed by atoms with van der Waals surface area (Å²) in [5, 5.41) is 7.40. The van der Waals surface area contributed by atoms with Crippen molar-refractivity contribution in [3.8, 4) is 11.1 Å². The van der Waals surface area contributed by atoms with Crippen LogP contribution in [0.4, 0.5) is 0 Å². The molecule has 0 unspecified atom stereocenters. The molecule has 3 heterocycles. The van der Waals surface area contributed by atoms with Crippen LogP contribution in [0, 0.1) is 0 Å². The fourth-order valence-corrected chi connectivity index (χ4v) is 5.76. The zero-order valence-corrected chi connectivity index (χ0v) is 22.4. The van der Waals surface area contributed by atoms with E-state index in [-0.39, 0.29) is 17.5 Å². The number of nitrogens with one attached hydrogen (secondary N) is 2. The number of hydrogen-bond acceptors (Lipinski definition) is 4. The van der Waals surface area contributed by atoms with E-state index >= 15 is 0 Å². The first kappa shape index (κ1) is 24.7. The van der Waals surface area contributed by atoms with Crippen LogP contribution < -0.4 is 10.5 Å². The Labute approximate surface area is 228 Å². The molecule has 1 fully saturated rings. The Kier molecular flexibility index (Phi) is 6.93. The minimum Gasteiger partial charge on any atom is -0.370 e. The average molecular weight is 572 g/mol. The SMILES string of the molecule is O=C(C[NH+]1CCOCC1)N1N=C(c2c(-c3ccccc3)c3cc(Br)ccc3[nH]c2=O)C[C@@H]1c1ccccc1.